The quantitative estimate of drug-likeness (QED) is 0.551. The molecular weight excluding hydrogens is 130 g/mol. The number of hydrogen-bond donors (Lipinski definition) is 2. The molecule has 0 amide bonds. The van der Waals surface area contributed by atoms with E-state index in [9.17, 15) is 0 Å². The maximum absolute atomic E-state index is 9.01. The van der Waals surface area contributed by atoms with E-state index in [0.29, 0.717) is 18.9 Å². The van der Waals surface area contributed by atoms with Crippen LogP contribution in [0.1, 0.15) is 19.8 Å². The summed E-state index contributed by atoms with van der Waals surface area (Å²) in [5, 5.41) is 9.01. The zero-order valence-corrected chi connectivity index (χ0v) is 6.71. The van der Waals surface area contributed by atoms with Crippen molar-refractivity contribution in [3.05, 3.63) is 0 Å². The first-order chi connectivity index (χ1) is 4.74. The van der Waals surface area contributed by atoms with Gasteiger partial charge in [-0.05, 0) is 12.5 Å². The van der Waals surface area contributed by atoms with Gasteiger partial charge >= 0.3 is 0 Å². The monoisotopic (exact) mass is 147 g/mol. The molecule has 3 nitrogen and oxygen atoms in total. The molecule has 0 bridgehead atoms. The summed E-state index contributed by atoms with van der Waals surface area (Å²) in [6.07, 6.45) is 0.994. The molecular formula is C7H17NO2. The second kappa shape index (κ2) is 5.65. The number of ether oxygens (including phenoxy) is 1. The number of nitrogens with two attached hydrogens (primary N) is 1. The number of aliphatic hydroxyl groups is 1. The topological polar surface area (TPSA) is 55.5 Å². The SMILES string of the molecule is CC[C@@H](CN)CC(O)OC. The van der Waals surface area contributed by atoms with Gasteiger partial charge in [0.2, 0.25) is 0 Å². The summed E-state index contributed by atoms with van der Waals surface area (Å²) in [5.74, 6) is 0.384. The fourth-order valence-electron chi connectivity index (χ4n) is 0.811. The first kappa shape index (κ1) is 9.88. The van der Waals surface area contributed by atoms with Gasteiger partial charge in [-0.2, -0.15) is 0 Å². The predicted octanol–water partition coefficient (Wildman–Crippen LogP) is 0.326. The van der Waals surface area contributed by atoms with Crippen LogP contribution >= 0.6 is 0 Å². The van der Waals surface area contributed by atoms with Crippen LogP contribution in [0, 0.1) is 5.92 Å². The van der Waals surface area contributed by atoms with Crippen LogP contribution in [0.3, 0.4) is 0 Å². The molecule has 0 aromatic carbocycles. The maximum atomic E-state index is 9.01. The third-order valence-corrected chi connectivity index (χ3v) is 1.72. The molecule has 0 saturated carbocycles. The Kier molecular flexibility index (Phi) is 5.58. The second-order valence-corrected chi connectivity index (χ2v) is 2.44. The molecule has 0 fully saturated rings. The van der Waals surface area contributed by atoms with E-state index in [2.05, 4.69) is 11.7 Å². The molecule has 3 heteroatoms. The van der Waals surface area contributed by atoms with Crippen molar-refractivity contribution in [1.29, 1.82) is 0 Å². The Balaban J connectivity index is 3.41. The van der Waals surface area contributed by atoms with E-state index in [-0.39, 0.29) is 0 Å². The molecule has 2 atom stereocenters. The Hall–Kier alpha value is -0.120. The lowest BCUT2D eigenvalue weighted by atomic mass is 10.0. The minimum absolute atomic E-state index is 0.384. The number of aliphatic hydroxyl groups excluding tert-OH is 1. The summed E-state index contributed by atoms with van der Waals surface area (Å²) >= 11 is 0. The molecule has 0 aliphatic rings. The van der Waals surface area contributed by atoms with E-state index in [1.807, 2.05) is 0 Å². The molecule has 1 unspecified atom stereocenters. The van der Waals surface area contributed by atoms with Gasteiger partial charge in [-0.3, -0.25) is 0 Å². The van der Waals surface area contributed by atoms with E-state index in [1.165, 1.54) is 7.11 Å². The fourth-order valence-corrected chi connectivity index (χ4v) is 0.811. The Bertz CT molecular complexity index is 74.0. The highest BCUT2D eigenvalue weighted by atomic mass is 16.6. The predicted molar refractivity (Wildman–Crippen MR) is 40.5 cm³/mol. The lowest BCUT2D eigenvalue weighted by Crippen LogP contribution is -2.21. The molecule has 0 radical (unpaired) electrons. The summed E-state index contributed by atoms with van der Waals surface area (Å²) < 4.78 is 4.68. The molecule has 0 spiro atoms. The van der Waals surface area contributed by atoms with Crippen LogP contribution in [-0.4, -0.2) is 25.1 Å². The largest absolute Gasteiger partial charge is 0.368 e. The van der Waals surface area contributed by atoms with Crippen LogP contribution in [0.2, 0.25) is 0 Å². The van der Waals surface area contributed by atoms with Crippen molar-refractivity contribution in [2.24, 2.45) is 11.7 Å². The van der Waals surface area contributed by atoms with Crippen LogP contribution in [-0.2, 0) is 4.74 Å². The first-order valence-electron chi connectivity index (χ1n) is 3.65. The lowest BCUT2D eigenvalue weighted by Gasteiger charge is -2.15. The van der Waals surface area contributed by atoms with E-state index >= 15 is 0 Å². The summed E-state index contributed by atoms with van der Waals surface area (Å²) in [6.45, 7) is 2.68. The third kappa shape index (κ3) is 3.82. The Morgan fingerprint density at radius 1 is 1.60 bits per heavy atom. The number of hydrogen-bond acceptors (Lipinski definition) is 3. The van der Waals surface area contributed by atoms with Crippen LogP contribution in [0.25, 0.3) is 0 Å². The van der Waals surface area contributed by atoms with Gasteiger partial charge in [-0.15, -0.1) is 0 Å². The molecule has 0 rings (SSSR count). The second-order valence-electron chi connectivity index (χ2n) is 2.44. The lowest BCUT2D eigenvalue weighted by molar-refractivity contribution is -0.0868. The van der Waals surface area contributed by atoms with Gasteiger partial charge in [0.25, 0.3) is 0 Å². The van der Waals surface area contributed by atoms with Crippen molar-refractivity contribution in [2.75, 3.05) is 13.7 Å². The molecule has 0 heterocycles. The normalized spacial score (nSPS) is 16.8. The summed E-state index contributed by atoms with van der Waals surface area (Å²) in [5.41, 5.74) is 5.42. The van der Waals surface area contributed by atoms with Gasteiger partial charge in [0.1, 0.15) is 0 Å². The Labute approximate surface area is 62.2 Å². The van der Waals surface area contributed by atoms with Gasteiger partial charge < -0.3 is 15.6 Å². The van der Waals surface area contributed by atoms with Gasteiger partial charge in [-0.25, -0.2) is 0 Å². The number of methoxy groups -OCH3 is 1. The molecule has 0 aromatic rings. The van der Waals surface area contributed by atoms with Crippen molar-refractivity contribution in [2.45, 2.75) is 26.1 Å². The fraction of sp³-hybridized carbons (Fsp3) is 1.00. The zero-order valence-electron chi connectivity index (χ0n) is 6.71. The highest BCUT2D eigenvalue weighted by Gasteiger charge is 2.09. The molecule has 10 heavy (non-hydrogen) atoms. The van der Waals surface area contributed by atoms with Gasteiger partial charge in [-0.1, -0.05) is 13.3 Å². The smallest absolute Gasteiger partial charge is 0.154 e. The van der Waals surface area contributed by atoms with Crippen LogP contribution < -0.4 is 5.73 Å². The van der Waals surface area contributed by atoms with E-state index in [0.717, 1.165) is 6.42 Å². The van der Waals surface area contributed by atoms with E-state index < -0.39 is 6.29 Å². The van der Waals surface area contributed by atoms with E-state index in [4.69, 9.17) is 10.8 Å². The first-order valence-corrected chi connectivity index (χ1v) is 3.65. The highest BCUT2D eigenvalue weighted by molar-refractivity contribution is 4.58. The minimum Gasteiger partial charge on any atom is -0.368 e. The molecule has 0 aromatic heterocycles. The summed E-state index contributed by atoms with van der Waals surface area (Å²) in [4.78, 5) is 0. The molecule has 3 N–H and O–H groups in total. The van der Waals surface area contributed by atoms with Crippen molar-refractivity contribution in [1.82, 2.24) is 0 Å². The van der Waals surface area contributed by atoms with Gasteiger partial charge in [0.05, 0.1) is 0 Å². The van der Waals surface area contributed by atoms with Crippen molar-refractivity contribution < 1.29 is 9.84 Å². The molecule has 0 aliphatic heterocycles. The van der Waals surface area contributed by atoms with Crippen molar-refractivity contribution in [3.8, 4) is 0 Å². The van der Waals surface area contributed by atoms with Crippen LogP contribution in [0.15, 0.2) is 0 Å². The third-order valence-electron chi connectivity index (χ3n) is 1.72. The van der Waals surface area contributed by atoms with Gasteiger partial charge in [0.15, 0.2) is 6.29 Å². The maximum Gasteiger partial charge on any atom is 0.154 e. The molecule has 0 aliphatic carbocycles. The van der Waals surface area contributed by atoms with Crippen LogP contribution in [0.4, 0.5) is 0 Å². The number of rotatable bonds is 5. The summed E-state index contributed by atoms with van der Waals surface area (Å²) in [6, 6.07) is 0. The van der Waals surface area contributed by atoms with E-state index in [1.54, 1.807) is 0 Å². The molecule has 62 valence electrons. The van der Waals surface area contributed by atoms with Crippen LogP contribution in [0.5, 0.6) is 0 Å². The Morgan fingerprint density at radius 2 is 2.20 bits per heavy atom. The minimum atomic E-state index is -0.645. The summed E-state index contributed by atoms with van der Waals surface area (Å²) in [7, 11) is 1.49. The van der Waals surface area contributed by atoms with Gasteiger partial charge in [0, 0.05) is 13.5 Å². The zero-order chi connectivity index (χ0) is 7.98. The average molecular weight is 147 g/mol. The molecule has 0 saturated heterocycles. The van der Waals surface area contributed by atoms with Crippen molar-refractivity contribution in [3.63, 3.8) is 0 Å². The van der Waals surface area contributed by atoms with Crippen molar-refractivity contribution >= 4 is 0 Å². The standard InChI is InChI=1S/C7H17NO2/c1-3-6(5-8)4-7(9)10-2/h6-7,9H,3-5,8H2,1-2H3/t6-,7?/m1/s1. The average Bonchev–Trinajstić information content (AvgIpc) is 1.99. The highest BCUT2D eigenvalue weighted by Crippen LogP contribution is 2.09. The Morgan fingerprint density at radius 3 is 2.50 bits per heavy atom.